The van der Waals surface area contributed by atoms with Gasteiger partial charge in [0, 0.05) is 17.9 Å². The third kappa shape index (κ3) is 2.96. The quantitative estimate of drug-likeness (QED) is 0.800. The van der Waals surface area contributed by atoms with Crippen LogP contribution in [0.2, 0.25) is 0 Å². The number of hydrogen-bond donors (Lipinski definition) is 0. The Labute approximate surface area is 125 Å². The lowest BCUT2D eigenvalue weighted by atomic mass is 10.1. The van der Waals surface area contributed by atoms with Crippen LogP contribution in [0, 0.1) is 0 Å². The summed E-state index contributed by atoms with van der Waals surface area (Å²) in [6, 6.07) is 7.44. The van der Waals surface area contributed by atoms with Gasteiger partial charge in [-0.2, -0.15) is 0 Å². The Morgan fingerprint density at radius 1 is 1.20 bits per heavy atom. The van der Waals surface area contributed by atoms with Crippen LogP contribution in [0.5, 0.6) is 0 Å². The fourth-order valence-electron chi connectivity index (χ4n) is 2.11. The SMILES string of the molecule is O=C(O[C@@H]1CCOC1=O)c1ccc(C2SCCS2)cc1. The largest absolute Gasteiger partial charge is 0.463 e. The summed E-state index contributed by atoms with van der Waals surface area (Å²) in [5.74, 6) is 1.42. The van der Waals surface area contributed by atoms with Crippen molar-refractivity contribution in [2.45, 2.75) is 17.1 Å². The van der Waals surface area contributed by atoms with E-state index in [1.54, 1.807) is 12.1 Å². The van der Waals surface area contributed by atoms with Gasteiger partial charge in [0.2, 0.25) is 6.10 Å². The zero-order valence-electron chi connectivity index (χ0n) is 10.7. The average molecular weight is 310 g/mol. The van der Waals surface area contributed by atoms with E-state index in [0.29, 0.717) is 23.2 Å². The Balaban J connectivity index is 1.64. The van der Waals surface area contributed by atoms with Crippen LogP contribution in [0.25, 0.3) is 0 Å². The highest BCUT2D eigenvalue weighted by Gasteiger charge is 2.30. The lowest BCUT2D eigenvalue weighted by Gasteiger charge is -2.10. The second kappa shape index (κ2) is 6.10. The molecule has 2 aliphatic heterocycles. The Kier molecular flexibility index (Phi) is 4.21. The van der Waals surface area contributed by atoms with E-state index in [1.807, 2.05) is 35.7 Å². The van der Waals surface area contributed by atoms with Gasteiger partial charge in [-0.05, 0) is 17.7 Å². The maximum absolute atomic E-state index is 11.9. The summed E-state index contributed by atoms with van der Waals surface area (Å²) in [5, 5.41) is 0. The van der Waals surface area contributed by atoms with Gasteiger partial charge < -0.3 is 9.47 Å². The summed E-state index contributed by atoms with van der Waals surface area (Å²) < 4.78 is 10.4. The number of carbonyl (C=O) groups excluding carboxylic acids is 2. The van der Waals surface area contributed by atoms with Gasteiger partial charge >= 0.3 is 11.9 Å². The van der Waals surface area contributed by atoms with Gasteiger partial charge in [-0.25, -0.2) is 9.59 Å². The van der Waals surface area contributed by atoms with E-state index in [2.05, 4.69) is 0 Å². The molecule has 2 saturated heterocycles. The second-order valence-electron chi connectivity index (χ2n) is 4.55. The molecule has 0 bridgehead atoms. The lowest BCUT2D eigenvalue weighted by Crippen LogP contribution is -2.22. The molecule has 0 unspecified atom stereocenters. The molecule has 1 aromatic carbocycles. The third-order valence-electron chi connectivity index (χ3n) is 3.18. The van der Waals surface area contributed by atoms with E-state index in [1.165, 1.54) is 17.1 Å². The number of rotatable bonds is 3. The van der Waals surface area contributed by atoms with Gasteiger partial charge in [0.05, 0.1) is 16.8 Å². The van der Waals surface area contributed by atoms with Crippen LogP contribution in [-0.4, -0.2) is 36.2 Å². The summed E-state index contributed by atoms with van der Waals surface area (Å²) in [4.78, 5) is 23.2. The van der Waals surface area contributed by atoms with Gasteiger partial charge in [0.1, 0.15) is 0 Å². The van der Waals surface area contributed by atoms with Gasteiger partial charge in [-0.3, -0.25) is 0 Å². The second-order valence-corrected chi connectivity index (χ2v) is 7.27. The molecule has 0 N–H and O–H groups in total. The minimum atomic E-state index is -0.747. The zero-order chi connectivity index (χ0) is 13.9. The van der Waals surface area contributed by atoms with Crippen molar-refractivity contribution in [3.05, 3.63) is 35.4 Å². The van der Waals surface area contributed by atoms with E-state index in [4.69, 9.17) is 9.47 Å². The first-order valence-corrected chi connectivity index (χ1v) is 8.54. The molecule has 2 fully saturated rings. The Morgan fingerprint density at radius 2 is 1.90 bits per heavy atom. The molecule has 106 valence electrons. The highest BCUT2D eigenvalue weighted by molar-refractivity contribution is 8.19. The Hall–Kier alpha value is -1.14. The van der Waals surface area contributed by atoms with Crippen molar-refractivity contribution in [3.8, 4) is 0 Å². The van der Waals surface area contributed by atoms with E-state index in [-0.39, 0.29) is 0 Å². The average Bonchev–Trinajstić information content (AvgIpc) is 3.12. The molecule has 0 spiro atoms. The van der Waals surface area contributed by atoms with Crippen molar-refractivity contribution >= 4 is 35.5 Å². The molecule has 20 heavy (non-hydrogen) atoms. The van der Waals surface area contributed by atoms with E-state index in [9.17, 15) is 9.59 Å². The molecule has 6 heteroatoms. The van der Waals surface area contributed by atoms with Gasteiger partial charge in [-0.15, -0.1) is 23.5 Å². The van der Waals surface area contributed by atoms with Crippen LogP contribution in [0.1, 0.15) is 26.9 Å². The summed E-state index contributed by atoms with van der Waals surface area (Å²) in [5.41, 5.74) is 1.69. The molecule has 0 saturated carbocycles. The number of benzene rings is 1. The number of hydrogen-bond acceptors (Lipinski definition) is 6. The molecule has 2 aliphatic rings. The fraction of sp³-hybridized carbons (Fsp3) is 0.429. The molecule has 0 radical (unpaired) electrons. The molecule has 4 nitrogen and oxygen atoms in total. The molecule has 1 aromatic rings. The van der Waals surface area contributed by atoms with Crippen LogP contribution in [-0.2, 0) is 14.3 Å². The molecule has 0 aliphatic carbocycles. The molecular weight excluding hydrogens is 296 g/mol. The minimum absolute atomic E-state index is 0.325. The molecule has 3 rings (SSSR count). The highest BCUT2D eigenvalue weighted by Crippen LogP contribution is 2.45. The monoisotopic (exact) mass is 310 g/mol. The lowest BCUT2D eigenvalue weighted by molar-refractivity contribution is -0.145. The van der Waals surface area contributed by atoms with Crippen LogP contribution in [0.4, 0.5) is 0 Å². The predicted octanol–water partition coefficient (Wildman–Crippen LogP) is 2.64. The van der Waals surface area contributed by atoms with Crippen LogP contribution in [0.3, 0.4) is 0 Å². The first-order valence-electron chi connectivity index (χ1n) is 6.45. The van der Waals surface area contributed by atoms with Crippen molar-refractivity contribution in [3.63, 3.8) is 0 Å². The first-order chi connectivity index (χ1) is 9.74. The Bertz CT molecular complexity index is 508. The number of carbonyl (C=O) groups is 2. The van der Waals surface area contributed by atoms with Crippen molar-refractivity contribution in [2.75, 3.05) is 18.1 Å². The normalized spacial score (nSPS) is 22.8. The topological polar surface area (TPSA) is 52.6 Å². The first kappa shape index (κ1) is 13.8. The number of ether oxygens (including phenoxy) is 2. The molecule has 0 aromatic heterocycles. The Morgan fingerprint density at radius 3 is 2.50 bits per heavy atom. The summed E-state index contributed by atoms with van der Waals surface area (Å²) >= 11 is 3.84. The number of cyclic esters (lactones) is 1. The van der Waals surface area contributed by atoms with Crippen LogP contribution < -0.4 is 0 Å². The van der Waals surface area contributed by atoms with Crippen LogP contribution >= 0.6 is 23.5 Å². The summed E-state index contributed by atoms with van der Waals surface area (Å²) in [6.07, 6.45) is -0.305. The minimum Gasteiger partial charge on any atom is -0.463 e. The molecule has 2 heterocycles. The maximum atomic E-state index is 11.9. The van der Waals surface area contributed by atoms with Gasteiger partial charge in [0.15, 0.2) is 0 Å². The number of esters is 2. The fourth-order valence-corrected chi connectivity index (χ4v) is 4.97. The smallest absolute Gasteiger partial charge is 0.347 e. The molecule has 1 atom stereocenters. The summed E-state index contributed by atoms with van der Waals surface area (Å²) in [7, 11) is 0. The summed E-state index contributed by atoms with van der Waals surface area (Å²) in [6.45, 7) is 0.325. The van der Waals surface area contributed by atoms with Crippen LogP contribution in [0.15, 0.2) is 24.3 Å². The zero-order valence-corrected chi connectivity index (χ0v) is 12.4. The van der Waals surface area contributed by atoms with Crippen molar-refractivity contribution in [2.24, 2.45) is 0 Å². The molecule has 0 amide bonds. The maximum Gasteiger partial charge on any atom is 0.347 e. The highest BCUT2D eigenvalue weighted by atomic mass is 32.2. The van der Waals surface area contributed by atoms with Crippen molar-refractivity contribution in [1.29, 1.82) is 0 Å². The van der Waals surface area contributed by atoms with Crippen molar-refractivity contribution < 1.29 is 19.1 Å². The van der Waals surface area contributed by atoms with Gasteiger partial charge in [0.25, 0.3) is 0 Å². The third-order valence-corrected chi connectivity index (χ3v) is 6.28. The van der Waals surface area contributed by atoms with E-state index < -0.39 is 18.0 Å². The van der Waals surface area contributed by atoms with E-state index >= 15 is 0 Å². The van der Waals surface area contributed by atoms with Crippen molar-refractivity contribution in [1.82, 2.24) is 0 Å². The van der Waals surface area contributed by atoms with E-state index in [0.717, 1.165) is 0 Å². The predicted molar refractivity (Wildman–Crippen MR) is 78.9 cm³/mol. The standard InChI is InChI=1S/C14H14O4S2/c15-12(18-11-5-6-17-13(11)16)9-1-3-10(4-2-9)14-19-7-8-20-14/h1-4,11,14H,5-8H2/t11-/m1/s1. The molecular formula is C14H14O4S2. The number of thioether (sulfide) groups is 2. The van der Waals surface area contributed by atoms with Gasteiger partial charge in [-0.1, -0.05) is 12.1 Å².